The third-order valence-electron chi connectivity index (χ3n) is 7.59. The maximum absolute atomic E-state index is 13.2. The maximum Gasteiger partial charge on any atom is 0.407 e. The van der Waals surface area contributed by atoms with E-state index in [4.69, 9.17) is 40.3 Å². The Balaban J connectivity index is 1.11. The summed E-state index contributed by atoms with van der Waals surface area (Å²) in [5.74, 6) is 0.770. The third kappa shape index (κ3) is 13.1. The van der Waals surface area contributed by atoms with Gasteiger partial charge in [-0.15, -0.1) is 0 Å². The van der Waals surface area contributed by atoms with Gasteiger partial charge in [0, 0.05) is 49.9 Å². The number of anilines is 2. The number of nitrogens with zero attached hydrogens (tertiary/aromatic N) is 4. The molecule has 2 N–H and O–H groups in total. The fourth-order valence-corrected chi connectivity index (χ4v) is 5.38. The maximum atomic E-state index is 13.2. The van der Waals surface area contributed by atoms with Crippen LogP contribution in [-0.4, -0.2) is 139 Å². The molecule has 270 valence electrons. The summed E-state index contributed by atoms with van der Waals surface area (Å²) in [5.41, 5.74) is 2.95. The molecule has 0 saturated carbocycles. The second-order valence-electron chi connectivity index (χ2n) is 12.7. The zero-order valence-electron chi connectivity index (χ0n) is 29.2. The number of carbonyl (C=O) groups excluding carboxylic acids is 2. The summed E-state index contributed by atoms with van der Waals surface area (Å²) in [6.07, 6.45) is -0.461. The Bertz CT molecular complexity index is 1380. The minimum absolute atomic E-state index is 0.119. The number of para-hydroxylation sites is 1. The number of benzene rings is 2. The summed E-state index contributed by atoms with van der Waals surface area (Å²) in [7, 11) is 2.13. The van der Waals surface area contributed by atoms with Crippen molar-refractivity contribution in [2.45, 2.75) is 26.4 Å². The van der Waals surface area contributed by atoms with E-state index in [1.165, 1.54) is 0 Å². The van der Waals surface area contributed by atoms with Crippen molar-refractivity contribution in [1.29, 1.82) is 0 Å². The van der Waals surface area contributed by atoms with Gasteiger partial charge in [-0.2, -0.15) is 0 Å². The molecule has 14 heteroatoms. The van der Waals surface area contributed by atoms with Crippen molar-refractivity contribution in [3.63, 3.8) is 0 Å². The number of hydrogen-bond donors (Lipinski definition) is 2. The molecule has 2 amide bonds. The van der Waals surface area contributed by atoms with Crippen LogP contribution in [0.5, 0.6) is 0 Å². The first-order valence-electron chi connectivity index (χ1n) is 16.8. The van der Waals surface area contributed by atoms with Gasteiger partial charge in [-0.05, 0) is 58.2 Å². The predicted molar refractivity (Wildman–Crippen MR) is 191 cm³/mol. The number of alkyl carbamates (subject to hydrolysis) is 1. The summed E-state index contributed by atoms with van der Waals surface area (Å²) in [4.78, 5) is 36.5. The van der Waals surface area contributed by atoms with Crippen LogP contribution < -0.4 is 15.5 Å². The van der Waals surface area contributed by atoms with E-state index in [1.807, 2.05) is 62.1 Å². The zero-order chi connectivity index (χ0) is 35.1. The lowest BCUT2D eigenvalue weighted by Crippen LogP contribution is -2.47. The Labute approximate surface area is 294 Å². The van der Waals surface area contributed by atoms with Crippen molar-refractivity contribution in [3.8, 4) is 0 Å². The number of amidine groups is 1. The van der Waals surface area contributed by atoms with Gasteiger partial charge < -0.3 is 49.0 Å². The molecule has 2 aliphatic heterocycles. The van der Waals surface area contributed by atoms with Crippen LogP contribution >= 0.6 is 11.6 Å². The van der Waals surface area contributed by atoms with Gasteiger partial charge in [-0.25, -0.2) is 9.79 Å². The van der Waals surface area contributed by atoms with Crippen molar-refractivity contribution >= 4 is 46.5 Å². The minimum atomic E-state index is -0.524. The SMILES string of the molecule is CN1CCN(C2=Nc3cc(Cl)ccc3N(CC(=O)NCCOCCOCCOCCOCCNC(=O)OC(C)(C)C)c3ccccc32)CC1. The van der Waals surface area contributed by atoms with Crippen LogP contribution in [-0.2, 0) is 28.5 Å². The number of likely N-dealkylation sites (N-methyl/N-ethyl adjacent to an activating group) is 1. The molecule has 2 aromatic rings. The smallest absolute Gasteiger partial charge is 0.407 e. The minimum Gasteiger partial charge on any atom is -0.444 e. The topological polar surface area (TPSA) is 126 Å². The van der Waals surface area contributed by atoms with Crippen LogP contribution in [0.3, 0.4) is 0 Å². The number of amides is 2. The number of halogens is 1. The quantitative estimate of drug-likeness (QED) is 0.235. The van der Waals surface area contributed by atoms with Gasteiger partial charge in [0.05, 0.1) is 69.9 Å². The highest BCUT2D eigenvalue weighted by Gasteiger charge is 2.28. The van der Waals surface area contributed by atoms with Gasteiger partial charge in [0.25, 0.3) is 0 Å². The number of fused-ring (bicyclic) bond motifs is 2. The molecule has 49 heavy (non-hydrogen) atoms. The second-order valence-corrected chi connectivity index (χ2v) is 13.1. The Morgan fingerprint density at radius 3 is 2.02 bits per heavy atom. The lowest BCUT2D eigenvalue weighted by atomic mass is 10.1. The second kappa shape index (κ2) is 19.7. The van der Waals surface area contributed by atoms with Crippen LogP contribution in [0.1, 0.15) is 26.3 Å². The molecule has 1 fully saturated rings. The highest BCUT2D eigenvalue weighted by molar-refractivity contribution is 6.31. The van der Waals surface area contributed by atoms with Crippen LogP contribution in [0.2, 0.25) is 5.02 Å². The Kier molecular flexibility index (Phi) is 15.4. The summed E-state index contributed by atoms with van der Waals surface area (Å²) in [6.45, 7) is 13.2. The fourth-order valence-electron chi connectivity index (χ4n) is 5.21. The van der Waals surface area contributed by atoms with Gasteiger partial charge in [0.2, 0.25) is 5.91 Å². The van der Waals surface area contributed by atoms with Crippen molar-refractivity contribution in [2.75, 3.05) is 111 Å². The van der Waals surface area contributed by atoms with Crippen LogP contribution in [0, 0.1) is 0 Å². The fraction of sp³-hybridized carbons (Fsp3) is 0.571. The monoisotopic (exact) mass is 702 g/mol. The number of carbonyl (C=O) groups is 2. The van der Waals surface area contributed by atoms with Gasteiger partial charge >= 0.3 is 6.09 Å². The van der Waals surface area contributed by atoms with Gasteiger partial charge in [-0.1, -0.05) is 23.7 Å². The predicted octanol–water partition coefficient (Wildman–Crippen LogP) is 3.82. The molecule has 0 radical (unpaired) electrons. The lowest BCUT2D eigenvalue weighted by Gasteiger charge is -2.35. The molecule has 4 rings (SSSR count). The number of ether oxygens (including phenoxy) is 5. The highest BCUT2D eigenvalue weighted by atomic mass is 35.5. The van der Waals surface area contributed by atoms with Crippen molar-refractivity contribution in [1.82, 2.24) is 20.4 Å². The molecule has 0 aromatic heterocycles. The first-order chi connectivity index (χ1) is 23.6. The van der Waals surface area contributed by atoms with Gasteiger partial charge in [0.15, 0.2) is 0 Å². The third-order valence-corrected chi connectivity index (χ3v) is 7.83. The van der Waals surface area contributed by atoms with Gasteiger partial charge in [0.1, 0.15) is 18.0 Å². The van der Waals surface area contributed by atoms with Crippen LogP contribution in [0.4, 0.5) is 21.9 Å². The molecule has 0 aliphatic carbocycles. The standard InChI is InChI=1S/C35H51ClN6O7/c1-35(2,3)49-34(44)38-12-18-46-20-22-48-24-23-47-21-19-45-17-11-37-32(43)26-42-30-8-6-5-7-28(30)33(41-15-13-40(4)14-16-41)39-29-25-27(36)9-10-31(29)42/h5-10,25H,11-24,26H2,1-4H3,(H,37,43)(H,38,44). The van der Waals surface area contributed by atoms with E-state index in [-0.39, 0.29) is 12.5 Å². The molecule has 0 bridgehead atoms. The average Bonchev–Trinajstić information content (AvgIpc) is 3.18. The van der Waals surface area contributed by atoms with Crippen molar-refractivity contribution in [2.24, 2.45) is 4.99 Å². The normalized spacial score (nSPS) is 14.8. The number of aliphatic imine (C=N–C) groups is 1. The number of nitrogens with one attached hydrogen (secondary N) is 2. The average molecular weight is 703 g/mol. The highest BCUT2D eigenvalue weighted by Crippen LogP contribution is 2.41. The molecule has 13 nitrogen and oxygen atoms in total. The summed E-state index contributed by atoms with van der Waals surface area (Å²) >= 11 is 6.41. The Hall–Kier alpha value is -3.46. The largest absolute Gasteiger partial charge is 0.444 e. The lowest BCUT2D eigenvalue weighted by molar-refractivity contribution is -0.119. The number of hydrogen-bond acceptors (Lipinski definition) is 11. The molecule has 2 aliphatic rings. The number of rotatable bonds is 17. The molecule has 1 saturated heterocycles. The van der Waals surface area contributed by atoms with Crippen LogP contribution in [0.15, 0.2) is 47.5 Å². The van der Waals surface area contributed by atoms with E-state index in [2.05, 4.69) is 33.5 Å². The molecule has 0 spiro atoms. The molecule has 2 heterocycles. The Morgan fingerprint density at radius 1 is 0.796 bits per heavy atom. The molecular weight excluding hydrogens is 652 g/mol. The van der Waals surface area contributed by atoms with Crippen molar-refractivity contribution < 1.29 is 33.3 Å². The first-order valence-corrected chi connectivity index (χ1v) is 17.2. The molecule has 0 unspecified atom stereocenters. The van der Waals surface area contributed by atoms with E-state index in [0.29, 0.717) is 71.0 Å². The molecule has 0 atom stereocenters. The summed E-state index contributed by atoms with van der Waals surface area (Å²) < 4.78 is 27.3. The number of piperazine rings is 1. The summed E-state index contributed by atoms with van der Waals surface area (Å²) in [5, 5.41) is 6.21. The molecule has 2 aromatic carbocycles. The Morgan fingerprint density at radius 2 is 1.39 bits per heavy atom. The van der Waals surface area contributed by atoms with E-state index < -0.39 is 11.7 Å². The first kappa shape index (κ1) is 38.3. The zero-order valence-corrected chi connectivity index (χ0v) is 29.9. The van der Waals surface area contributed by atoms with E-state index in [1.54, 1.807) is 0 Å². The summed E-state index contributed by atoms with van der Waals surface area (Å²) in [6, 6.07) is 13.7. The van der Waals surface area contributed by atoms with Crippen LogP contribution in [0.25, 0.3) is 0 Å². The van der Waals surface area contributed by atoms with Gasteiger partial charge in [-0.3, -0.25) is 4.79 Å². The van der Waals surface area contributed by atoms with E-state index in [0.717, 1.165) is 54.6 Å². The van der Waals surface area contributed by atoms with E-state index in [9.17, 15) is 9.59 Å². The molecular formula is C35H51ClN6O7. The van der Waals surface area contributed by atoms with Crippen molar-refractivity contribution in [3.05, 3.63) is 53.1 Å². The van der Waals surface area contributed by atoms with E-state index >= 15 is 0 Å².